The van der Waals surface area contributed by atoms with Gasteiger partial charge in [-0.2, -0.15) is 5.10 Å². The maximum absolute atomic E-state index is 12.1. The van der Waals surface area contributed by atoms with Crippen LogP contribution in [0.15, 0.2) is 46.2 Å². The number of hydrogen-bond acceptors (Lipinski definition) is 4. The molecular formula is C14H13BrN4O2. The second-order valence-corrected chi connectivity index (χ2v) is 5.63. The normalized spacial score (nSPS) is 17.2. The minimum absolute atomic E-state index is 0.248. The molecule has 2 heterocycles. The number of nitrogens with zero attached hydrogens (tertiary/aromatic N) is 3. The van der Waals surface area contributed by atoms with Crippen molar-refractivity contribution in [3.05, 3.63) is 46.6 Å². The zero-order valence-electron chi connectivity index (χ0n) is 11.3. The molecule has 108 valence electrons. The minimum atomic E-state index is -0.624. The Morgan fingerprint density at radius 2 is 2.33 bits per heavy atom. The second kappa shape index (κ2) is 5.69. The Kier molecular flexibility index (Phi) is 3.74. The van der Waals surface area contributed by atoms with Gasteiger partial charge in [-0.05, 0) is 12.1 Å². The van der Waals surface area contributed by atoms with Crippen molar-refractivity contribution in [1.82, 2.24) is 9.78 Å². The van der Waals surface area contributed by atoms with E-state index in [1.165, 1.54) is 0 Å². The van der Waals surface area contributed by atoms with Crippen molar-refractivity contribution in [1.29, 1.82) is 0 Å². The third-order valence-corrected chi connectivity index (χ3v) is 3.58. The van der Waals surface area contributed by atoms with E-state index in [-0.39, 0.29) is 5.91 Å². The molecule has 2 aromatic rings. The molecular weight excluding hydrogens is 336 g/mol. The molecule has 0 spiro atoms. The van der Waals surface area contributed by atoms with Crippen LogP contribution >= 0.6 is 15.9 Å². The number of benzene rings is 1. The lowest BCUT2D eigenvalue weighted by molar-refractivity contribution is -0.125. The number of oxime groups is 1. The van der Waals surface area contributed by atoms with Crippen molar-refractivity contribution in [2.45, 2.75) is 12.5 Å². The Morgan fingerprint density at radius 1 is 1.48 bits per heavy atom. The number of carbonyl (C=O) groups excluding carboxylic acids is 1. The summed E-state index contributed by atoms with van der Waals surface area (Å²) in [7, 11) is 1.79. The zero-order valence-corrected chi connectivity index (χ0v) is 12.9. The fraction of sp³-hybridized carbons (Fsp3) is 0.214. The fourth-order valence-electron chi connectivity index (χ4n) is 2.04. The first-order valence-corrected chi connectivity index (χ1v) is 7.20. The summed E-state index contributed by atoms with van der Waals surface area (Å²) < 4.78 is 2.58. The molecule has 3 rings (SSSR count). The summed E-state index contributed by atoms with van der Waals surface area (Å²) in [4.78, 5) is 17.3. The van der Waals surface area contributed by atoms with Gasteiger partial charge in [0.25, 0.3) is 5.91 Å². The highest BCUT2D eigenvalue weighted by Crippen LogP contribution is 2.20. The van der Waals surface area contributed by atoms with Crippen molar-refractivity contribution >= 4 is 33.4 Å². The summed E-state index contributed by atoms with van der Waals surface area (Å²) in [6, 6.07) is 9.46. The monoisotopic (exact) mass is 348 g/mol. The average Bonchev–Trinajstić information content (AvgIpc) is 3.08. The summed E-state index contributed by atoms with van der Waals surface area (Å²) in [5.41, 5.74) is 1.70. The number of hydrogen-bond donors (Lipinski definition) is 1. The maximum atomic E-state index is 12.1. The van der Waals surface area contributed by atoms with E-state index in [1.54, 1.807) is 24.0 Å². The van der Waals surface area contributed by atoms with Crippen molar-refractivity contribution in [3.63, 3.8) is 0 Å². The van der Waals surface area contributed by atoms with Gasteiger partial charge in [-0.25, -0.2) is 0 Å². The highest BCUT2D eigenvalue weighted by molar-refractivity contribution is 9.10. The van der Waals surface area contributed by atoms with E-state index in [1.807, 2.05) is 24.3 Å². The van der Waals surface area contributed by atoms with Gasteiger partial charge in [0.2, 0.25) is 6.10 Å². The predicted molar refractivity (Wildman–Crippen MR) is 82.0 cm³/mol. The van der Waals surface area contributed by atoms with Crippen LogP contribution in [0.2, 0.25) is 0 Å². The lowest BCUT2D eigenvalue weighted by atomic mass is 10.0. The van der Waals surface area contributed by atoms with Gasteiger partial charge in [-0.3, -0.25) is 9.48 Å². The van der Waals surface area contributed by atoms with Gasteiger partial charge in [0, 0.05) is 35.8 Å². The van der Waals surface area contributed by atoms with Crippen LogP contribution in [0.5, 0.6) is 0 Å². The molecule has 1 N–H and O–H groups in total. The molecule has 1 atom stereocenters. The number of nitrogens with one attached hydrogen (secondary N) is 1. The highest BCUT2D eigenvalue weighted by atomic mass is 79.9. The minimum Gasteiger partial charge on any atom is -0.382 e. The van der Waals surface area contributed by atoms with Crippen LogP contribution in [0, 0.1) is 0 Å². The summed E-state index contributed by atoms with van der Waals surface area (Å²) in [5.74, 6) is 0.254. The topological polar surface area (TPSA) is 68.5 Å². The van der Waals surface area contributed by atoms with Gasteiger partial charge >= 0.3 is 0 Å². The van der Waals surface area contributed by atoms with Crippen molar-refractivity contribution in [2.24, 2.45) is 12.2 Å². The molecule has 0 saturated carbocycles. The first-order chi connectivity index (χ1) is 10.1. The molecule has 1 amide bonds. The van der Waals surface area contributed by atoms with Gasteiger partial charge in [-0.15, -0.1) is 0 Å². The third-order valence-electron chi connectivity index (χ3n) is 3.08. The van der Waals surface area contributed by atoms with Crippen LogP contribution in [0.4, 0.5) is 5.82 Å². The Hall–Kier alpha value is -2.15. The summed E-state index contributed by atoms with van der Waals surface area (Å²) >= 11 is 3.41. The zero-order chi connectivity index (χ0) is 14.8. The summed E-state index contributed by atoms with van der Waals surface area (Å²) in [6.45, 7) is 0. The Morgan fingerprint density at radius 3 is 3.05 bits per heavy atom. The molecule has 0 aliphatic carbocycles. The molecule has 1 aliphatic heterocycles. The largest absolute Gasteiger partial charge is 0.382 e. The van der Waals surface area contributed by atoms with E-state index in [0.717, 1.165) is 15.7 Å². The smallest absolute Gasteiger partial charge is 0.269 e. The number of aryl methyl sites for hydroxylation is 1. The molecule has 7 heteroatoms. The van der Waals surface area contributed by atoms with Crippen LogP contribution in [-0.2, 0) is 16.7 Å². The Balaban J connectivity index is 1.64. The number of halogens is 1. The van der Waals surface area contributed by atoms with Crippen LogP contribution in [-0.4, -0.2) is 27.5 Å². The van der Waals surface area contributed by atoms with E-state index in [4.69, 9.17) is 4.84 Å². The van der Waals surface area contributed by atoms with Gasteiger partial charge in [0.05, 0.1) is 5.71 Å². The standard InChI is InChI=1S/C14H13BrN4O2/c1-19-6-5-13(17-19)16-14(20)12-8-11(18-21-12)9-3-2-4-10(15)7-9/h2-7,12H,8H2,1H3,(H,16,17,20). The predicted octanol–water partition coefficient (Wildman–Crippen LogP) is 2.31. The average molecular weight is 349 g/mol. The molecule has 1 aliphatic rings. The maximum Gasteiger partial charge on any atom is 0.269 e. The lowest BCUT2D eigenvalue weighted by Crippen LogP contribution is -2.28. The number of carbonyl (C=O) groups is 1. The van der Waals surface area contributed by atoms with Crippen LogP contribution in [0.3, 0.4) is 0 Å². The molecule has 0 fully saturated rings. The quantitative estimate of drug-likeness (QED) is 0.925. The number of anilines is 1. The molecule has 6 nitrogen and oxygen atoms in total. The van der Waals surface area contributed by atoms with E-state index in [2.05, 4.69) is 31.5 Å². The fourth-order valence-corrected chi connectivity index (χ4v) is 2.44. The second-order valence-electron chi connectivity index (χ2n) is 4.71. The van der Waals surface area contributed by atoms with E-state index >= 15 is 0 Å². The first kappa shape index (κ1) is 13.8. The van der Waals surface area contributed by atoms with E-state index in [9.17, 15) is 4.79 Å². The van der Waals surface area contributed by atoms with Gasteiger partial charge in [-0.1, -0.05) is 33.2 Å². The molecule has 1 aromatic heterocycles. The van der Waals surface area contributed by atoms with E-state index < -0.39 is 6.10 Å². The molecule has 0 saturated heterocycles. The Labute approximate surface area is 129 Å². The number of amides is 1. The Bertz CT molecular complexity index is 711. The van der Waals surface area contributed by atoms with Gasteiger partial charge in [0.1, 0.15) is 0 Å². The lowest BCUT2D eigenvalue weighted by Gasteiger charge is -2.07. The highest BCUT2D eigenvalue weighted by Gasteiger charge is 2.29. The van der Waals surface area contributed by atoms with Crippen LogP contribution in [0.25, 0.3) is 0 Å². The number of aromatic nitrogens is 2. The van der Waals surface area contributed by atoms with Crippen LogP contribution < -0.4 is 5.32 Å². The van der Waals surface area contributed by atoms with Crippen LogP contribution in [0.1, 0.15) is 12.0 Å². The summed E-state index contributed by atoms with van der Waals surface area (Å²) in [5, 5.41) is 10.8. The van der Waals surface area contributed by atoms with Gasteiger partial charge in [0.15, 0.2) is 5.82 Å². The molecule has 1 aromatic carbocycles. The third kappa shape index (κ3) is 3.13. The van der Waals surface area contributed by atoms with E-state index in [0.29, 0.717) is 12.2 Å². The molecule has 0 radical (unpaired) electrons. The van der Waals surface area contributed by atoms with Crippen molar-refractivity contribution in [2.75, 3.05) is 5.32 Å². The molecule has 21 heavy (non-hydrogen) atoms. The first-order valence-electron chi connectivity index (χ1n) is 6.41. The SMILES string of the molecule is Cn1ccc(NC(=O)C2CC(c3cccc(Br)c3)=NO2)n1. The van der Waals surface area contributed by atoms with Crippen molar-refractivity contribution in [3.8, 4) is 0 Å². The van der Waals surface area contributed by atoms with Crippen molar-refractivity contribution < 1.29 is 9.63 Å². The molecule has 1 unspecified atom stereocenters. The summed E-state index contributed by atoms with van der Waals surface area (Å²) in [6.07, 6.45) is 1.57. The number of rotatable bonds is 3. The molecule has 0 bridgehead atoms. The van der Waals surface area contributed by atoms with Gasteiger partial charge < -0.3 is 10.2 Å².